The molecule has 0 saturated carbocycles. The zero-order valence-corrected chi connectivity index (χ0v) is 18.3. The van der Waals surface area contributed by atoms with Crippen LogP contribution in [-0.4, -0.2) is 18.4 Å². The molecular weight excluding hydrogens is 406 g/mol. The number of benzene rings is 3. The van der Waals surface area contributed by atoms with Gasteiger partial charge in [0.05, 0.1) is 22.8 Å². The van der Waals surface area contributed by atoms with E-state index in [1.807, 2.05) is 86.6 Å². The Morgan fingerprint density at radius 1 is 0.871 bits per heavy atom. The van der Waals surface area contributed by atoms with Gasteiger partial charge in [-0.3, -0.25) is 9.59 Å². The molecule has 3 aromatic rings. The third kappa shape index (κ3) is 4.42. The van der Waals surface area contributed by atoms with Gasteiger partial charge >= 0.3 is 0 Å². The number of aryl methyl sites for hydroxylation is 1. The molecule has 0 fully saturated rings. The summed E-state index contributed by atoms with van der Waals surface area (Å²) in [6.45, 7) is 4.44. The first-order valence-electron chi connectivity index (χ1n) is 10.2. The van der Waals surface area contributed by atoms with Gasteiger partial charge in [-0.2, -0.15) is 0 Å². The van der Waals surface area contributed by atoms with Crippen LogP contribution in [0.4, 0.5) is 5.69 Å². The average molecular weight is 430 g/mol. The van der Waals surface area contributed by atoms with Crippen LogP contribution in [0.25, 0.3) is 5.57 Å². The number of carbonyl (C=O) groups is 2. The summed E-state index contributed by atoms with van der Waals surface area (Å²) in [5.74, 6) is 0.769. The summed E-state index contributed by atoms with van der Waals surface area (Å²) in [6.07, 6.45) is 0. The number of hydrogen-bond donors (Lipinski definition) is 0. The van der Waals surface area contributed by atoms with E-state index in [1.165, 1.54) is 16.7 Å². The summed E-state index contributed by atoms with van der Waals surface area (Å²) in [5, 5.41) is 0. The number of thioether (sulfide) groups is 1. The molecule has 1 heterocycles. The van der Waals surface area contributed by atoms with Gasteiger partial charge in [-0.1, -0.05) is 54.6 Å². The highest BCUT2D eigenvalue weighted by atomic mass is 32.2. The number of ether oxygens (including phenoxy) is 1. The molecule has 0 aromatic heterocycles. The zero-order valence-electron chi connectivity index (χ0n) is 17.5. The number of imide groups is 1. The third-order valence-corrected chi connectivity index (χ3v) is 6.13. The van der Waals surface area contributed by atoms with Crippen molar-refractivity contribution in [2.75, 3.05) is 11.5 Å². The normalized spacial score (nSPS) is 13.8. The standard InChI is InChI=1S/C26H23NO3S/c1-3-30-22-14-12-20(13-15-22)23-24(31-17-19-9-5-4-6-10-19)26(29)27(25(23)28)21-11-7-8-18(2)16-21/h4-16H,3,17H2,1-2H3. The zero-order chi connectivity index (χ0) is 21.8. The van der Waals surface area contributed by atoms with Crippen molar-refractivity contribution in [2.45, 2.75) is 19.6 Å². The van der Waals surface area contributed by atoms with Gasteiger partial charge in [0.2, 0.25) is 0 Å². The van der Waals surface area contributed by atoms with Crippen LogP contribution in [0.15, 0.2) is 83.8 Å². The van der Waals surface area contributed by atoms with E-state index in [9.17, 15) is 9.59 Å². The molecule has 0 saturated heterocycles. The fraction of sp³-hybridized carbons (Fsp3) is 0.154. The molecule has 3 aromatic carbocycles. The molecule has 31 heavy (non-hydrogen) atoms. The number of amides is 2. The SMILES string of the molecule is CCOc1ccc(C2=C(SCc3ccccc3)C(=O)N(c3cccc(C)c3)C2=O)cc1. The Morgan fingerprint density at radius 3 is 2.29 bits per heavy atom. The number of nitrogens with zero attached hydrogens (tertiary/aromatic N) is 1. The molecule has 1 aliphatic rings. The van der Waals surface area contributed by atoms with E-state index in [0.717, 1.165) is 16.9 Å². The van der Waals surface area contributed by atoms with E-state index in [2.05, 4.69) is 0 Å². The van der Waals surface area contributed by atoms with E-state index in [4.69, 9.17) is 4.74 Å². The molecule has 1 aliphatic heterocycles. The third-order valence-electron chi connectivity index (χ3n) is 4.98. The molecule has 0 bridgehead atoms. The van der Waals surface area contributed by atoms with Crippen molar-refractivity contribution in [3.05, 3.63) is 100 Å². The summed E-state index contributed by atoms with van der Waals surface area (Å²) in [7, 11) is 0. The van der Waals surface area contributed by atoms with Crippen molar-refractivity contribution in [2.24, 2.45) is 0 Å². The van der Waals surface area contributed by atoms with Crippen molar-refractivity contribution in [3.63, 3.8) is 0 Å². The second-order valence-electron chi connectivity index (χ2n) is 7.22. The summed E-state index contributed by atoms with van der Waals surface area (Å²) in [6, 6.07) is 24.7. The predicted octanol–water partition coefficient (Wildman–Crippen LogP) is 5.61. The van der Waals surface area contributed by atoms with Crippen molar-refractivity contribution in [1.29, 1.82) is 0 Å². The van der Waals surface area contributed by atoms with Gasteiger partial charge in [-0.25, -0.2) is 4.90 Å². The lowest BCUT2D eigenvalue weighted by Gasteiger charge is -2.15. The van der Waals surface area contributed by atoms with Gasteiger partial charge in [0.1, 0.15) is 5.75 Å². The smallest absolute Gasteiger partial charge is 0.272 e. The van der Waals surface area contributed by atoms with Gasteiger partial charge in [0.15, 0.2) is 0 Å². The highest BCUT2D eigenvalue weighted by Crippen LogP contribution is 2.40. The number of carbonyl (C=O) groups excluding carboxylic acids is 2. The monoisotopic (exact) mass is 429 g/mol. The molecule has 5 heteroatoms. The van der Waals surface area contributed by atoms with Crippen LogP contribution in [-0.2, 0) is 15.3 Å². The molecule has 156 valence electrons. The van der Waals surface area contributed by atoms with Gasteiger partial charge in [-0.05, 0) is 54.8 Å². The van der Waals surface area contributed by atoms with Crippen molar-refractivity contribution < 1.29 is 14.3 Å². The molecule has 0 N–H and O–H groups in total. The first-order valence-corrected chi connectivity index (χ1v) is 11.2. The fourth-order valence-corrected chi connectivity index (χ4v) is 4.58. The molecule has 0 radical (unpaired) electrons. The van der Waals surface area contributed by atoms with Crippen LogP contribution in [0.2, 0.25) is 0 Å². The summed E-state index contributed by atoms with van der Waals surface area (Å²) >= 11 is 1.41. The van der Waals surface area contributed by atoms with Crippen LogP contribution >= 0.6 is 11.8 Å². The minimum Gasteiger partial charge on any atom is -0.494 e. The summed E-state index contributed by atoms with van der Waals surface area (Å²) < 4.78 is 5.52. The number of anilines is 1. The lowest BCUT2D eigenvalue weighted by Crippen LogP contribution is -2.31. The molecule has 0 atom stereocenters. The molecule has 4 nitrogen and oxygen atoms in total. The Morgan fingerprint density at radius 2 is 1.61 bits per heavy atom. The maximum Gasteiger partial charge on any atom is 0.272 e. The molecular formula is C26H23NO3S. The highest BCUT2D eigenvalue weighted by molar-refractivity contribution is 8.03. The van der Waals surface area contributed by atoms with Gasteiger partial charge in [0, 0.05) is 5.75 Å². The van der Waals surface area contributed by atoms with Crippen molar-refractivity contribution in [3.8, 4) is 5.75 Å². The van der Waals surface area contributed by atoms with Crippen LogP contribution in [0, 0.1) is 6.92 Å². The van der Waals surface area contributed by atoms with E-state index in [0.29, 0.717) is 34.1 Å². The Kier molecular flexibility index (Phi) is 6.23. The number of hydrogen-bond acceptors (Lipinski definition) is 4. The molecule has 0 spiro atoms. The van der Waals surface area contributed by atoms with E-state index in [1.54, 1.807) is 6.07 Å². The predicted molar refractivity (Wildman–Crippen MR) is 126 cm³/mol. The molecule has 0 aliphatic carbocycles. The molecule has 4 rings (SSSR count). The Bertz CT molecular complexity index is 1140. The van der Waals surface area contributed by atoms with Crippen LogP contribution in [0.3, 0.4) is 0 Å². The van der Waals surface area contributed by atoms with Crippen molar-refractivity contribution in [1.82, 2.24) is 0 Å². The van der Waals surface area contributed by atoms with Crippen LogP contribution in [0.5, 0.6) is 5.75 Å². The maximum absolute atomic E-state index is 13.5. The lowest BCUT2D eigenvalue weighted by molar-refractivity contribution is -0.119. The van der Waals surface area contributed by atoms with E-state index in [-0.39, 0.29) is 11.8 Å². The van der Waals surface area contributed by atoms with Crippen LogP contribution in [0.1, 0.15) is 23.6 Å². The largest absolute Gasteiger partial charge is 0.494 e. The fourth-order valence-electron chi connectivity index (χ4n) is 3.51. The highest BCUT2D eigenvalue weighted by Gasteiger charge is 2.40. The first kappa shape index (κ1) is 20.9. The average Bonchev–Trinajstić information content (AvgIpc) is 3.03. The van der Waals surface area contributed by atoms with E-state index < -0.39 is 0 Å². The van der Waals surface area contributed by atoms with Gasteiger partial charge in [-0.15, -0.1) is 11.8 Å². The topological polar surface area (TPSA) is 46.6 Å². The maximum atomic E-state index is 13.5. The quantitative estimate of drug-likeness (QED) is 0.458. The minimum atomic E-state index is -0.296. The lowest BCUT2D eigenvalue weighted by atomic mass is 10.1. The second-order valence-corrected chi connectivity index (χ2v) is 8.21. The van der Waals surface area contributed by atoms with Gasteiger partial charge < -0.3 is 4.74 Å². The number of rotatable bonds is 7. The van der Waals surface area contributed by atoms with Crippen molar-refractivity contribution >= 4 is 34.8 Å². The van der Waals surface area contributed by atoms with Crippen LogP contribution < -0.4 is 9.64 Å². The second kappa shape index (κ2) is 9.23. The molecule has 2 amide bonds. The minimum absolute atomic E-state index is 0.277. The Labute approximate surface area is 186 Å². The Balaban J connectivity index is 1.73. The van der Waals surface area contributed by atoms with Gasteiger partial charge in [0.25, 0.3) is 11.8 Å². The summed E-state index contributed by atoms with van der Waals surface area (Å²) in [4.78, 5) is 28.6. The summed E-state index contributed by atoms with van der Waals surface area (Å²) in [5.41, 5.74) is 3.84. The molecule has 0 unspecified atom stereocenters. The first-order chi connectivity index (χ1) is 15.1. The Hall–Kier alpha value is -3.31. The van der Waals surface area contributed by atoms with E-state index >= 15 is 0 Å².